The fourth-order valence-electron chi connectivity index (χ4n) is 4.03. The number of hydrogen-bond donors (Lipinski definition) is 4. The van der Waals surface area contributed by atoms with Crippen molar-refractivity contribution in [1.29, 1.82) is 0 Å². The maximum absolute atomic E-state index is 13.3. The Balaban J connectivity index is 2.47. The molecule has 1 aliphatic heterocycles. The molecule has 2 rings (SSSR count). The number of hydrogen-bond acceptors (Lipinski definition) is 6. The number of carbonyl (C=O) groups is 5. The normalized spacial score (nSPS) is 26.3. The third kappa shape index (κ3) is 9.53. The topological polar surface area (TPSA) is 143 Å². The van der Waals surface area contributed by atoms with Gasteiger partial charge in [-0.05, 0) is 36.3 Å². The van der Waals surface area contributed by atoms with Crippen LogP contribution in [-0.4, -0.2) is 59.9 Å². The number of carbonyl (C=O) groups excluding carboxylic acids is 5. The molecule has 4 N–H and O–H groups in total. The molecule has 0 radical (unpaired) electrons. The standard InChI is InChI=1S/C29H42N4O6/c1-16(2)23-27(36)30-19(7)26(35)32-24(17(3)4)28(37)33-25(18(5)6)29(38)39-21(15-22(34)31-23)14-13-20-11-9-8-10-12-20/h8-14,16-19,21,23-25H,15H2,1-7H3,(H,30,36)(H,31,34)(H,32,35)(H,33,37). The molecule has 0 bridgehead atoms. The number of ether oxygens (including phenoxy) is 1. The summed E-state index contributed by atoms with van der Waals surface area (Å²) in [4.78, 5) is 65.4. The first-order valence-corrected chi connectivity index (χ1v) is 13.4. The highest BCUT2D eigenvalue weighted by Gasteiger charge is 2.35. The Morgan fingerprint density at radius 1 is 0.718 bits per heavy atom. The summed E-state index contributed by atoms with van der Waals surface area (Å²) in [6.45, 7) is 12.1. The Kier molecular flexibility index (Phi) is 11.7. The van der Waals surface area contributed by atoms with Gasteiger partial charge in [0.25, 0.3) is 0 Å². The zero-order chi connectivity index (χ0) is 29.3. The monoisotopic (exact) mass is 542 g/mol. The van der Waals surface area contributed by atoms with Crippen LogP contribution in [0.3, 0.4) is 0 Å². The quantitative estimate of drug-likeness (QED) is 0.419. The number of benzene rings is 1. The summed E-state index contributed by atoms with van der Waals surface area (Å²) < 4.78 is 5.73. The van der Waals surface area contributed by atoms with Crippen LogP contribution in [0, 0.1) is 17.8 Å². The van der Waals surface area contributed by atoms with Gasteiger partial charge < -0.3 is 26.0 Å². The smallest absolute Gasteiger partial charge is 0.329 e. The fourth-order valence-corrected chi connectivity index (χ4v) is 4.03. The van der Waals surface area contributed by atoms with Crippen LogP contribution < -0.4 is 21.3 Å². The van der Waals surface area contributed by atoms with Crippen LogP contribution >= 0.6 is 0 Å². The van der Waals surface area contributed by atoms with Crippen LogP contribution in [0.1, 0.15) is 60.5 Å². The Morgan fingerprint density at radius 2 is 1.23 bits per heavy atom. The molecule has 10 nitrogen and oxygen atoms in total. The highest BCUT2D eigenvalue weighted by atomic mass is 16.5. The minimum absolute atomic E-state index is 0.241. The van der Waals surface area contributed by atoms with E-state index in [9.17, 15) is 24.0 Å². The van der Waals surface area contributed by atoms with Gasteiger partial charge in [0.15, 0.2) is 0 Å². The lowest BCUT2D eigenvalue weighted by Crippen LogP contribution is -2.59. The first kappa shape index (κ1) is 31.5. The van der Waals surface area contributed by atoms with Gasteiger partial charge in [0.05, 0.1) is 6.42 Å². The second-order valence-corrected chi connectivity index (χ2v) is 10.9. The van der Waals surface area contributed by atoms with Gasteiger partial charge in [-0.25, -0.2) is 4.79 Å². The van der Waals surface area contributed by atoms with E-state index in [2.05, 4.69) is 21.3 Å². The fraction of sp³-hybridized carbons (Fsp3) is 0.552. The molecule has 4 amide bonds. The van der Waals surface area contributed by atoms with Gasteiger partial charge in [0.2, 0.25) is 23.6 Å². The predicted octanol–water partition coefficient (Wildman–Crippen LogP) is 1.94. The van der Waals surface area contributed by atoms with E-state index >= 15 is 0 Å². The molecule has 1 aliphatic rings. The van der Waals surface area contributed by atoms with Crippen molar-refractivity contribution in [2.24, 2.45) is 17.8 Å². The molecule has 0 saturated carbocycles. The predicted molar refractivity (Wildman–Crippen MR) is 148 cm³/mol. The molecule has 1 fully saturated rings. The summed E-state index contributed by atoms with van der Waals surface area (Å²) in [7, 11) is 0. The van der Waals surface area contributed by atoms with Gasteiger partial charge >= 0.3 is 5.97 Å². The van der Waals surface area contributed by atoms with Crippen LogP contribution in [0.25, 0.3) is 6.08 Å². The van der Waals surface area contributed by atoms with Crippen LogP contribution in [0.4, 0.5) is 0 Å². The third-order valence-corrected chi connectivity index (χ3v) is 6.44. The summed E-state index contributed by atoms with van der Waals surface area (Å²) in [5.74, 6) is -3.78. The lowest BCUT2D eigenvalue weighted by atomic mass is 9.99. The maximum atomic E-state index is 13.3. The van der Waals surface area contributed by atoms with Gasteiger partial charge in [-0.2, -0.15) is 0 Å². The molecule has 0 aromatic heterocycles. The largest absolute Gasteiger partial charge is 0.456 e. The van der Waals surface area contributed by atoms with Crippen LogP contribution in [-0.2, 0) is 28.7 Å². The number of cyclic esters (lactones) is 1. The van der Waals surface area contributed by atoms with Crippen molar-refractivity contribution in [1.82, 2.24) is 21.3 Å². The van der Waals surface area contributed by atoms with Gasteiger partial charge in [-0.3, -0.25) is 19.2 Å². The van der Waals surface area contributed by atoms with Gasteiger partial charge in [0.1, 0.15) is 30.3 Å². The van der Waals surface area contributed by atoms with Crippen molar-refractivity contribution in [3.05, 3.63) is 42.0 Å². The van der Waals surface area contributed by atoms with E-state index < -0.39 is 59.9 Å². The summed E-state index contributed by atoms with van der Waals surface area (Å²) in [6.07, 6.45) is 2.15. The summed E-state index contributed by atoms with van der Waals surface area (Å²) in [6, 6.07) is 5.47. The SMILES string of the molecule is CC1NC(=O)C(C(C)C)NC(=O)CC(C=Cc2ccccc2)OC(=O)C(C(C)C)NC(=O)C(C(C)C)NC1=O. The lowest BCUT2D eigenvalue weighted by molar-refractivity contribution is -0.153. The highest BCUT2D eigenvalue weighted by molar-refractivity contribution is 5.95. The molecule has 5 unspecified atom stereocenters. The van der Waals surface area contributed by atoms with Crippen LogP contribution in [0.5, 0.6) is 0 Å². The summed E-state index contributed by atoms with van der Waals surface area (Å²) >= 11 is 0. The number of amides is 4. The summed E-state index contributed by atoms with van der Waals surface area (Å²) in [5, 5.41) is 10.7. The van der Waals surface area contributed by atoms with Crippen molar-refractivity contribution >= 4 is 35.7 Å². The van der Waals surface area contributed by atoms with E-state index in [1.54, 1.807) is 53.7 Å². The molecule has 214 valence electrons. The van der Waals surface area contributed by atoms with Crippen molar-refractivity contribution in [3.8, 4) is 0 Å². The molecule has 1 aromatic rings. The van der Waals surface area contributed by atoms with Crippen molar-refractivity contribution in [3.63, 3.8) is 0 Å². The van der Waals surface area contributed by atoms with E-state index in [0.717, 1.165) is 5.56 Å². The van der Waals surface area contributed by atoms with E-state index in [1.807, 2.05) is 30.3 Å². The molecule has 39 heavy (non-hydrogen) atoms. The molecule has 0 spiro atoms. The maximum Gasteiger partial charge on any atom is 0.329 e. The lowest BCUT2D eigenvalue weighted by Gasteiger charge is -2.29. The zero-order valence-electron chi connectivity index (χ0n) is 23.8. The van der Waals surface area contributed by atoms with Gasteiger partial charge in [0, 0.05) is 0 Å². The van der Waals surface area contributed by atoms with E-state index in [0.29, 0.717) is 0 Å². The first-order chi connectivity index (χ1) is 18.3. The van der Waals surface area contributed by atoms with Gasteiger partial charge in [-0.15, -0.1) is 0 Å². The average molecular weight is 543 g/mol. The van der Waals surface area contributed by atoms with Crippen LogP contribution in [0.2, 0.25) is 0 Å². The molecular formula is C29H42N4O6. The van der Waals surface area contributed by atoms with E-state index in [1.165, 1.54) is 6.92 Å². The Labute approximate surface area is 230 Å². The van der Waals surface area contributed by atoms with Crippen molar-refractivity contribution < 1.29 is 28.7 Å². The minimum Gasteiger partial charge on any atom is -0.456 e. The number of nitrogens with one attached hydrogen (secondary N) is 4. The van der Waals surface area contributed by atoms with Crippen LogP contribution in [0.15, 0.2) is 36.4 Å². The minimum atomic E-state index is -1.01. The summed E-state index contributed by atoms with van der Waals surface area (Å²) in [5.41, 5.74) is 0.846. The Morgan fingerprint density at radius 3 is 1.79 bits per heavy atom. The first-order valence-electron chi connectivity index (χ1n) is 13.4. The zero-order valence-corrected chi connectivity index (χ0v) is 23.8. The number of esters is 1. The molecular weight excluding hydrogens is 500 g/mol. The second kappa shape index (κ2) is 14.5. The van der Waals surface area contributed by atoms with Crippen molar-refractivity contribution in [2.45, 2.75) is 85.2 Å². The molecule has 1 heterocycles. The van der Waals surface area contributed by atoms with Gasteiger partial charge in [-0.1, -0.05) is 78.0 Å². The Bertz CT molecular complexity index is 1050. The molecule has 1 aromatic carbocycles. The molecule has 0 aliphatic carbocycles. The second-order valence-electron chi connectivity index (χ2n) is 10.9. The Hall–Kier alpha value is -3.69. The molecule has 10 heteroatoms. The molecule has 5 atom stereocenters. The molecule has 1 saturated heterocycles. The van der Waals surface area contributed by atoms with Crippen molar-refractivity contribution in [2.75, 3.05) is 0 Å². The third-order valence-electron chi connectivity index (χ3n) is 6.44. The highest BCUT2D eigenvalue weighted by Crippen LogP contribution is 2.14. The number of rotatable bonds is 5. The van der Waals surface area contributed by atoms with E-state index in [-0.39, 0.29) is 24.2 Å². The average Bonchev–Trinajstić information content (AvgIpc) is 2.86. The van der Waals surface area contributed by atoms with E-state index in [4.69, 9.17) is 4.74 Å².